The number of rotatable bonds is 6. The summed E-state index contributed by atoms with van der Waals surface area (Å²) >= 11 is 0. The lowest BCUT2D eigenvalue weighted by Crippen LogP contribution is -2.34. The van der Waals surface area contributed by atoms with Crippen LogP contribution in [0.3, 0.4) is 0 Å². The summed E-state index contributed by atoms with van der Waals surface area (Å²) in [5, 5.41) is 0. The van der Waals surface area contributed by atoms with E-state index in [9.17, 15) is 14.0 Å². The summed E-state index contributed by atoms with van der Waals surface area (Å²) in [5.41, 5.74) is 1.58. The van der Waals surface area contributed by atoms with Crippen molar-refractivity contribution in [1.29, 1.82) is 0 Å². The fraction of sp³-hybridized carbons (Fsp3) is 0.500. The lowest BCUT2D eigenvalue weighted by atomic mass is 9.87. The number of aldehydes is 1. The van der Waals surface area contributed by atoms with Gasteiger partial charge in [0, 0.05) is 30.6 Å². The lowest BCUT2D eigenvalue weighted by molar-refractivity contribution is -0.119. The minimum absolute atomic E-state index is 0.0695. The number of hydrogen-bond acceptors (Lipinski definition) is 3. The smallest absolute Gasteiger partial charge is 0.209 e. The number of halogens is 1. The van der Waals surface area contributed by atoms with E-state index in [4.69, 9.17) is 4.74 Å². The van der Waals surface area contributed by atoms with Crippen LogP contribution < -0.4 is 4.74 Å². The summed E-state index contributed by atoms with van der Waals surface area (Å²) in [6.45, 7) is 2.08. The van der Waals surface area contributed by atoms with Crippen molar-refractivity contribution in [1.82, 2.24) is 4.90 Å². The number of piperidine rings is 1. The Labute approximate surface area is 147 Å². The second-order valence-corrected chi connectivity index (χ2v) is 6.94. The van der Waals surface area contributed by atoms with Crippen LogP contribution in [0, 0.1) is 17.7 Å². The van der Waals surface area contributed by atoms with Gasteiger partial charge in [0.05, 0.1) is 6.61 Å². The fourth-order valence-corrected chi connectivity index (χ4v) is 3.51. The first-order valence-electron chi connectivity index (χ1n) is 8.96. The molecule has 134 valence electrons. The Morgan fingerprint density at radius 2 is 2.00 bits per heavy atom. The van der Waals surface area contributed by atoms with Gasteiger partial charge in [-0.1, -0.05) is 6.08 Å². The molecule has 3 rings (SSSR count). The fourth-order valence-electron chi connectivity index (χ4n) is 3.51. The van der Waals surface area contributed by atoms with Gasteiger partial charge in [-0.15, -0.1) is 0 Å². The van der Waals surface area contributed by atoms with E-state index in [1.165, 1.54) is 6.07 Å². The maximum absolute atomic E-state index is 14.4. The average molecular weight is 345 g/mol. The Bertz CT molecular complexity index is 650. The molecule has 0 saturated carbocycles. The van der Waals surface area contributed by atoms with Gasteiger partial charge in [0.2, 0.25) is 6.41 Å². The topological polar surface area (TPSA) is 46.6 Å². The number of amides is 1. The Kier molecular flexibility index (Phi) is 5.84. The molecule has 1 aromatic carbocycles. The molecule has 1 aromatic rings. The third-order valence-electron chi connectivity index (χ3n) is 5.21. The number of likely N-dealkylation sites (tertiary alicyclic amines) is 1. The molecule has 0 N–H and O–H groups in total. The highest BCUT2D eigenvalue weighted by Gasteiger charge is 2.20. The minimum Gasteiger partial charge on any atom is -0.493 e. The number of carbonyl (C=O) groups is 2. The van der Waals surface area contributed by atoms with E-state index >= 15 is 0 Å². The van der Waals surface area contributed by atoms with Crippen LogP contribution in [0.15, 0.2) is 24.3 Å². The number of benzene rings is 1. The maximum atomic E-state index is 14.4. The van der Waals surface area contributed by atoms with Gasteiger partial charge in [-0.2, -0.15) is 0 Å². The first kappa shape index (κ1) is 17.6. The molecular formula is C20H24FNO3. The van der Waals surface area contributed by atoms with Crippen LogP contribution in [0.25, 0.3) is 5.57 Å². The highest BCUT2D eigenvalue weighted by atomic mass is 19.1. The summed E-state index contributed by atoms with van der Waals surface area (Å²) in [5.74, 6) is 0.741. The van der Waals surface area contributed by atoms with E-state index in [0.717, 1.165) is 57.0 Å². The van der Waals surface area contributed by atoms with E-state index < -0.39 is 0 Å². The number of ether oxygens (including phenoxy) is 1. The van der Waals surface area contributed by atoms with Crippen LogP contribution >= 0.6 is 0 Å². The van der Waals surface area contributed by atoms with Crippen molar-refractivity contribution in [2.45, 2.75) is 32.1 Å². The van der Waals surface area contributed by atoms with Gasteiger partial charge in [0.15, 0.2) is 0 Å². The predicted octanol–water partition coefficient (Wildman–Crippen LogP) is 3.46. The van der Waals surface area contributed by atoms with Crippen LogP contribution in [-0.2, 0) is 9.59 Å². The number of allylic oxidation sites excluding steroid dienone is 2. The summed E-state index contributed by atoms with van der Waals surface area (Å²) in [7, 11) is 0. The Morgan fingerprint density at radius 1 is 1.20 bits per heavy atom. The molecular weight excluding hydrogens is 321 g/mol. The zero-order valence-corrected chi connectivity index (χ0v) is 14.3. The first-order chi connectivity index (χ1) is 12.2. The van der Waals surface area contributed by atoms with Gasteiger partial charge in [0.1, 0.15) is 17.9 Å². The molecule has 4 nitrogen and oxygen atoms in total. The van der Waals surface area contributed by atoms with Gasteiger partial charge in [0.25, 0.3) is 0 Å². The second kappa shape index (κ2) is 8.28. The molecule has 1 aliphatic carbocycles. The molecule has 2 aliphatic rings. The van der Waals surface area contributed by atoms with Crippen molar-refractivity contribution in [3.63, 3.8) is 0 Å². The number of nitrogens with zero attached hydrogens (tertiary/aromatic N) is 1. The van der Waals surface area contributed by atoms with Gasteiger partial charge in [-0.05, 0) is 55.7 Å². The van der Waals surface area contributed by atoms with Crippen LogP contribution in [0.5, 0.6) is 5.75 Å². The van der Waals surface area contributed by atoms with Crippen molar-refractivity contribution < 1.29 is 18.7 Å². The summed E-state index contributed by atoms with van der Waals surface area (Å²) in [6, 6.07) is 5.03. The maximum Gasteiger partial charge on any atom is 0.209 e. The zero-order valence-electron chi connectivity index (χ0n) is 14.3. The molecule has 1 atom stereocenters. The quantitative estimate of drug-likeness (QED) is 0.742. The number of hydrogen-bond donors (Lipinski definition) is 0. The van der Waals surface area contributed by atoms with Crippen molar-refractivity contribution in [2.24, 2.45) is 11.8 Å². The van der Waals surface area contributed by atoms with Crippen LogP contribution in [0.4, 0.5) is 4.39 Å². The summed E-state index contributed by atoms with van der Waals surface area (Å²) < 4.78 is 20.2. The van der Waals surface area contributed by atoms with Gasteiger partial charge in [-0.25, -0.2) is 4.39 Å². The van der Waals surface area contributed by atoms with Crippen LogP contribution in [0.2, 0.25) is 0 Å². The van der Waals surface area contributed by atoms with E-state index in [1.54, 1.807) is 11.0 Å². The summed E-state index contributed by atoms with van der Waals surface area (Å²) in [6.07, 6.45) is 7.90. The van der Waals surface area contributed by atoms with Crippen LogP contribution in [-0.4, -0.2) is 37.3 Å². The minimum atomic E-state index is -0.274. The molecule has 5 heteroatoms. The highest BCUT2D eigenvalue weighted by Crippen LogP contribution is 2.32. The van der Waals surface area contributed by atoms with E-state index in [0.29, 0.717) is 30.3 Å². The molecule has 1 aliphatic heterocycles. The van der Waals surface area contributed by atoms with E-state index in [2.05, 4.69) is 0 Å². The summed E-state index contributed by atoms with van der Waals surface area (Å²) in [4.78, 5) is 23.3. The molecule has 0 bridgehead atoms. The van der Waals surface area contributed by atoms with Gasteiger partial charge in [-0.3, -0.25) is 4.79 Å². The van der Waals surface area contributed by atoms with Crippen molar-refractivity contribution >= 4 is 18.3 Å². The molecule has 1 saturated heterocycles. The van der Waals surface area contributed by atoms with Crippen LogP contribution in [0.1, 0.15) is 37.7 Å². The van der Waals surface area contributed by atoms with E-state index in [-0.39, 0.29) is 11.7 Å². The molecule has 0 aromatic heterocycles. The molecule has 0 radical (unpaired) electrons. The molecule has 0 spiro atoms. The number of carbonyl (C=O) groups excluding carboxylic acids is 2. The van der Waals surface area contributed by atoms with Crippen molar-refractivity contribution in [2.75, 3.05) is 19.7 Å². The normalized spacial score (nSPS) is 21.6. The largest absolute Gasteiger partial charge is 0.493 e. The van der Waals surface area contributed by atoms with Gasteiger partial charge < -0.3 is 14.4 Å². The first-order valence-corrected chi connectivity index (χ1v) is 8.96. The standard InChI is InChI=1S/C20H24FNO3/c21-20-11-18(25-13-16-7-9-22(14-24)10-8-16)5-6-19(20)17-3-1-15(12-23)2-4-17/h3,5-6,11-12,14-16H,1-2,4,7-10,13H2. The SMILES string of the molecule is O=CC1CC=C(c2ccc(OCC3CCN(C=O)CC3)cc2F)CC1. The molecule has 25 heavy (non-hydrogen) atoms. The highest BCUT2D eigenvalue weighted by molar-refractivity contribution is 5.69. The Hall–Kier alpha value is -2.17. The zero-order chi connectivity index (χ0) is 17.6. The van der Waals surface area contributed by atoms with Crippen molar-refractivity contribution in [3.8, 4) is 5.75 Å². The molecule has 1 fully saturated rings. The Balaban J connectivity index is 1.56. The molecule has 1 amide bonds. The lowest BCUT2D eigenvalue weighted by Gasteiger charge is -2.29. The van der Waals surface area contributed by atoms with Gasteiger partial charge >= 0.3 is 0 Å². The monoisotopic (exact) mass is 345 g/mol. The average Bonchev–Trinajstić information content (AvgIpc) is 2.67. The second-order valence-electron chi connectivity index (χ2n) is 6.94. The Morgan fingerprint density at radius 3 is 2.60 bits per heavy atom. The third kappa shape index (κ3) is 4.47. The third-order valence-corrected chi connectivity index (χ3v) is 5.21. The molecule has 1 heterocycles. The molecule has 1 unspecified atom stereocenters. The van der Waals surface area contributed by atoms with E-state index in [1.807, 2.05) is 12.1 Å². The van der Waals surface area contributed by atoms with Crippen molar-refractivity contribution in [3.05, 3.63) is 35.7 Å². The predicted molar refractivity (Wildman–Crippen MR) is 93.6 cm³/mol.